The Morgan fingerprint density at radius 3 is 2.18 bits per heavy atom. The van der Waals surface area contributed by atoms with Crippen molar-refractivity contribution in [2.45, 2.75) is 56.7 Å². The Bertz CT molecular complexity index is 1030. The van der Waals surface area contributed by atoms with E-state index in [4.69, 9.17) is 9.47 Å². The summed E-state index contributed by atoms with van der Waals surface area (Å²) in [6.07, 6.45) is 3.64. The topological polar surface area (TPSA) is 31.4 Å². The first-order valence-corrected chi connectivity index (χ1v) is 11.3. The molecule has 0 radical (unpaired) electrons. The second-order valence-corrected chi connectivity index (χ2v) is 8.58. The van der Waals surface area contributed by atoms with Gasteiger partial charge in [0.15, 0.2) is 11.5 Å². The van der Waals surface area contributed by atoms with Crippen LogP contribution in [0, 0.1) is 0 Å². The lowest BCUT2D eigenvalue weighted by atomic mass is 9.85. The van der Waals surface area contributed by atoms with Crippen molar-refractivity contribution < 1.29 is 22.6 Å². The Labute approximate surface area is 192 Å². The molecule has 0 bridgehead atoms. The molecular weight excluding hydrogens is 427 g/mol. The zero-order valence-electron chi connectivity index (χ0n) is 18.6. The van der Waals surface area contributed by atoms with Gasteiger partial charge in [-0.2, -0.15) is 13.2 Å². The van der Waals surface area contributed by atoms with Gasteiger partial charge in [0, 0.05) is 18.3 Å². The SMILES string of the molecule is COc1ccc(C(Cc2ccncc2)c2ccc(CC(F)(F)F)cc2)cc1OC1CCCC1. The minimum absolute atomic E-state index is 0.0517. The van der Waals surface area contributed by atoms with Crippen LogP contribution in [-0.2, 0) is 12.8 Å². The van der Waals surface area contributed by atoms with Crippen LogP contribution in [0.4, 0.5) is 13.2 Å². The number of pyridine rings is 1. The summed E-state index contributed by atoms with van der Waals surface area (Å²) < 4.78 is 50.2. The molecule has 1 unspecified atom stereocenters. The van der Waals surface area contributed by atoms with E-state index < -0.39 is 12.6 Å². The van der Waals surface area contributed by atoms with Gasteiger partial charge in [-0.1, -0.05) is 30.3 Å². The van der Waals surface area contributed by atoms with Crippen molar-refractivity contribution in [3.05, 3.63) is 89.2 Å². The summed E-state index contributed by atoms with van der Waals surface area (Å²) in [5, 5.41) is 0. The second kappa shape index (κ2) is 10.3. The van der Waals surface area contributed by atoms with E-state index in [0.717, 1.165) is 35.3 Å². The first-order valence-electron chi connectivity index (χ1n) is 11.3. The Morgan fingerprint density at radius 1 is 0.879 bits per heavy atom. The van der Waals surface area contributed by atoms with Crippen LogP contribution < -0.4 is 9.47 Å². The summed E-state index contributed by atoms with van der Waals surface area (Å²) in [7, 11) is 1.63. The number of aromatic nitrogens is 1. The number of hydrogen-bond acceptors (Lipinski definition) is 3. The monoisotopic (exact) mass is 455 g/mol. The van der Waals surface area contributed by atoms with Gasteiger partial charge in [-0.05, 0) is 78.6 Å². The number of ether oxygens (including phenoxy) is 2. The van der Waals surface area contributed by atoms with E-state index in [9.17, 15) is 13.2 Å². The van der Waals surface area contributed by atoms with Crippen molar-refractivity contribution in [2.75, 3.05) is 7.11 Å². The van der Waals surface area contributed by atoms with Gasteiger partial charge in [0.05, 0.1) is 19.6 Å². The molecule has 1 aliphatic rings. The highest BCUT2D eigenvalue weighted by Crippen LogP contribution is 2.37. The molecule has 2 aromatic carbocycles. The quantitative estimate of drug-likeness (QED) is 0.371. The molecule has 1 heterocycles. The highest BCUT2D eigenvalue weighted by molar-refractivity contribution is 5.47. The highest BCUT2D eigenvalue weighted by atomic mass is 19.4. The maximum absolute atomic E-state index is 12.8. The zero-order valence-corrected chi connectivity index (χ0v) is 18.6. The van der Waals surface area contributed by atoms with Gasteiger partial charge in [0.25, 0.3) is 0 Å². The minimum atomic E-state index is -4.22. The van der Waals surface area contributed by atoms with Crippen LogP contribution in [0.25, 0.3) is 0 Å². The molecule has 6 heteroatoms. The van der Waals surface area contributed by atoms with E-state index in [2.05, 4.69) is 4.98 Å². The minimum Gasteiger partial charge on any atom is -0.493 e. The molecule has 174 valence electrons. The van der Waals surface area contributed by atoms with Crippen LogP contribution in [0.15, 0.2) is 67.0 Å². The maximum atomic E-state index is 12.8. The number of methoxy groups -OCH3 is 1. The fraction of sp³-hybridized carbons (Fsp3) is 0.370. The fourth-order valence-corrected chi connectivity index (χ4v) is 4.47. The van der Waals surface area contributed by atoms with Gasteiger partial charge in [-0.15, -0.1) is 0 Å². The molecule has 0 N–H and O–H groups in total. The molecule has 0 aliphatic heterocycles. The van der Waals surface area contributed by atoms with E-state index in [1.807, 2.05) is 30.3 Å². The third-order valence-electron chi connectivity index (χ3n) is 6.16. The molecule has 3 nitrogen and oxygen atoms in total. The Balaban J connectivity index is 1.67. The summed E-state index contributed by atoms with van der Waals surface area (Å²) >= 11 is 0. The molecule has 1 saturated carbocycles. The fourth-order valence-electron chi connectivity index (χ4n) is 4.47. The lowest BCUT2D eigenvalue weighted by molar-refractivity contribution is -0.127. The summed E-state index contributed by atoms with van der Waals surface area (Å²) in [5.74, 6) is 1.35. The van der Waals surface area contributed by atoms with E-state index in [1.54, 1.807) is 43.8 Å². The number of halogens is 3. The lowest BCUT2D eigenvalue weighted by Crippen LogP contribution is -2.13. The van der Waals surface area contributed by atoms with E-state index in [0.29, 0.717) is 12.2 Å². The van der Waals surface area contributed by atoms with Crippen molar-refractivity contribution in [3.8, 4) is 11.5 Å². The highest BCUT2D eigenvalue weighted by Gasteiger charge is 2.28. The third kappa shape index (κ3) is 6.28. The number of rotatable bonds is 8. The van der Waals surface area contributed by atoms with Crippen molar-refractivity contribution in [1.82, 2.24) is 4.98 Å². The largest absolute Gasteiger partial charge is 0.493 e. The number of hydrogen-bond donors (Lipinski definition) is 0. The number of alkyl halides is 3. The predicted molar refractivity (Wildman–Crippen MR) is 122 cm³/mol. The van der Waals surface area contributed by atoms with E-state index >= 15 is 0 Å². The average molecular weight is 456 g/mol. The van der Waals surface area contributed by atoms with Crippen LogP contribution in [0.2, 0.25) is 0 Å². The summed E-state index contributed by atoms with van der Waals surface area (Å²) in [6.45, 7) is 0. The van der Waals surface area contributed by atoms with Crippen molar-refractivity contribution in [3.63, 3.8) is 0 Å². The maximum Gasteiger partial charge on any atom is 0.393 e. The van der Waals surface area contributed by atoms with Crippen LogP contribution in [0.3, 0.4) is 0 Å². The molecular formula is C27H28F3NO2. The first-order chi connectivity index (χ1) is 15.9. The Morgan fingerprint density at radius 2 is 1.55 bits per heavy atom. The predicted octanol–water partition coefficient (Wildman–Crippen LogP) is 6.89. The molecule has 0 saturated heterocycles. The summed E-state index contributed by atoms with van der Waals surface area (Å²) in [5.41, 5.74) is 3.34. The lowest BCUT2D eigenvalue weighted by Gasteiger charge is -2.22. The summed E-state index contributed by atoms with van der Waals surface area (Å²) in [6, 6.07) is 16.6. The van der Waals surface area contributed by atoms with Gasteiger partial charge in [0.1, 0.15) is 0 Å². The van der Waals surface area contributed by atoms with Crippen LogP contribution in [0.1, 0.15) is 53.9 Å². The van der Waals surface area contributed by atoms with Crippen molar-refractivity contribution in [1.29, 1.82) is 0 Å². The van der Waals surface area contributed by atoms with Crippen molar-refractivity contribution in [2.24, 2.45) is 0 Å². The average Bonchev–Trinajstić information content (AvgIpc) is 3.31. The number of nitrogens with zero attached hydrogens (tertiary/aromatic N) is 1. The molecule has 0 amide bonds. The van der Waals surface area contributed by atoms with Crippen LogP contribution >= 0.6 is 0 Å². The van der Waals surface area contributed by atoms with E-state index in [-0.39, 0.29) is 17.6 Å². The second-order valence-electron chi connectivity index (χ2n) is 8.58. The smallest absolute Gasteiger partial charge is 0.393 e. The van der Waals surface area contributed by atoms with Gasteiger partial charge in [0.2, 0.25) is 0 Å². The Kier molecular flexibility index (Phi) is 7.21. The molecule has 1 atom stereocenters. The number of benzene rings is 2. The van der Waals surface area contributed by atoms with Crippen LogP contribution in [0.5, 0.6) is 11.5 Å². The van der Waals surface area contributed by atoms with Crippen LogP contribution in [-0.4, -0.2) is 24.4 Å². The Hall–Kier alpha value is -3.02. The standard InChI is InChI=1S/C27H28F3NO2/c1-32-25-11-10-22(17-26(25)33-23-4-2-3-5-23)24(16-19-12-14-31-15-13-19)21-8-6-20(7-9-21)18-27(28,29)30/h6-15,17,23-24H,2-5,16,18H2,1H3. The third-order valence-corrected chi connectivity index (χ3v) is 6.16. The molecule has 33 heavy (non-hydrogen) atoms. The van der Waals surface area contributed by atoms with Crippen molar-refractivity contribution >= 4 is 0 Å². The van der Waals surface area contributed by atoms with Gasteiger partial charge >= 0.3 is 6.18 Å². The first kappa shape index (κ1) is 23.1. The molecule has 1 aromatic heterocycles. The molecule has 4 rings (SSSR count). The molecule has 1 fully saturated rings. The molecule has 1 aliphatic carbocycles. The van der Waals surface area contributed by atoms with Gasteiger partial charge in [-0.25, -0.2) is 0 Å². The van der Waals surface area contributed by atoms with Gasteiger partial charge in [-0.3, -0.25) is 4.98 Å². The summed E-state index contributed by atoms with van der Waals surface area (Å²) in [4.78, 5) is 4.09. The normalized spacial score (nSPS) is 15.4. The van der Waals surface area contributed by atoms with Gasteiger partial charge < -0.3 is 9.47 Å². The molecule has 3 aromatic rings. The molecule has 0 spiro atoms. The zero-order chi connectivity index (χ0) is 23.3. The van der Waals surface area contributed by atoms with E-state index in [1.165, 1.54) is 12.8 Å².